The van der Waals surface area contributed by atoms with Crippen molar-refractivity contribution < 1.29 is 49.0 Å². The predicted octanol–water partition coefficient (Wildman–Crippen LogP) is 11.7. The minimum absolute atomic E-state index is 0.235. The third-order valence-corrected chi connectivity index (χ3v) is 7.79. The molecule has 0 aliphatic rings. The number of rotatable bonds is 13. The molecule has 2 nitrogen and oxygen atoms in total. The molecule has 0 aromatic heterocycles. The topological polar surface area (TPSA) is 18.5 Å². The molecule has 5 aromatic carbocycles. The summed E-state index contributed by atoms with van der Waals surface area (Å²) in [6.07, 6.45) is -0.481. The monoisotopic (exact) mass is 688 g/mol. The van der Waals surface area contributed by atoms with E-state index in [4.69, 9.17) is 0 Å². The van der Waals surface area contributed by atoms with Crippen LogP contribution in [0.25, 0.3) is 33.4 Å². The molecule has 0 heterocycles. The molecular formula is C38H29F9O2. The van der Waals surface area contributed by atoms with Crippen molar-refractivity contribution in [2.45, 2.75) is 38.7 Å². The molecule has 0 atom stereocenters. The van der Waals surface area contributed by atoms with Crippen molar-refractivity contribution in [3.63, 3.8) is 0 Å². The van der Waals surface area contributed by atoms with Gasteiger partial charge in [0.05, 0.1) is 0 Å². The van der Waals surface area contributed by atoms with Crippen LogP contribution < -0.4 is 9.47 Å². The van der Waals surface area contributed by atoms with E-state index in [1.165, 1.54) is 12.1 Å². The smallest absolute Gasteiger partial charge is 0.432 e. The Morgan fingerprint density at radius 2 is 1.10 bits per heavy atom. The quantitative estimate of drug-likeness (QED) is 0.0906. The molecule has 0 spiro atoms. The number of ether oxygens (including phenoxy) is 2. The van der Waals surface area contributed by atoms with Crippen molar-refractivity contribution in [3.05, 3.63) is 131 Å². The van der Waals surface area contributed by atoms with Gasteiger partial charge in [0.25, 0.3) is 0 Å². The molecule has 0 saturated heterocycles. The normalized spacial score (nSPS) is 11.6. The Balaban J connectivity index is 1.34. The zero-order chi connectivity index (χ0) is 35.3. The summed E-state index contributed by atoms with van der Waals surface area (Å²) in [5, 5.41) is 0. The van der Waals surface area contributed by atoms with Gasteiger partial charge in [0.1, 0.15) is 47.9 Å². The van der Waals surface area contributed by atoms with Crippen LogP contribution in [0, 0.1) is 34.9 Å². The summed E-state index contributed by atoms with van der Waals surface area (Å²) in [6.45, 7) is 0.482. The lowest BCUT2D eigenvalue weighted by atomic mass is 9.97. The Morgan fingerprint density at radius 1 is 0.571 bits per heavy atom. The van der Waals surface area contributed by atoms with Crippen molar-refractivity contribution in [3.8, 4) is 44.9 Å². The highest BCUT2D eigenvalue weighted by Crippen LogP contribution is 2.39. The number of hydrogen-bond acceptors (Lipinski definition) is 2. The summed E-state index contributed by atoms with van der Waals surface area (Å²) in [5.41, 5.74) is -0.794. The van der Waals surface area contributed by atoms with E-state index >= 15 is 22.0 Å². The van der Waals surface area contributed by atoms with Crippen LogP contribution in [0.4, 0.5) is 39.5 Å². The Bertz CT molecular complexity index is 1900. The van der Waals surface area contributed by atoms with Crippen LogP contribution in [0.5, 0.6) is 11.5 Å². The van der Waals surface area contributed by atoms with E-state index in [0.717, 1.165) is 48.9 Å². The van der Waals surface area contributed by atoms with Crippen molar-refractivity contribution in [2.24, 2.45) is 0 Å². The van der Waals surface area contributed by atoms with Crippen LogP contribution >= 0.6 is 0 Å². The summed E-state index contributed by atoms with van der Waals surface area (Å²) in [4.78, 5) is 0. The van der Waals surface area contributed by atoms with Gasteiger partial charge in [-0.15, -0.1) is 0 Å². The Hall–Kier alpha value is -4.93. The van der Waals surface area contributed by atoms with Crippen molar-refractivity contribution in [1.82, 2.24) is 0 Å². The number of halogens is 9. The molecule has 0 fully saturated rings. The second-order valence-corrected chi connectivity index (χ2v) is 11.2. The van der Waals surface area contributed by atoms with Crippen LogP contribution in [0.1, 0.15) is 37.3 Å². The first-order valence-corrected chi connectivity index (χ1v) is 15.3. The van der Waals surface area contributed by atoms with Gasteiger partial charge in [-0.2, -0.15) is 8.78 Å². The highest BCUT2D eigenvalue weighted by molar-refractivity contribution is 5.72. The lowest BCUT2D eigenvalue weighted by Gasteiger charge is -2.20. The molecule has 49 heavy (non-hydrogen) atoms. The van der Waals surface area contributed by atoms with E-state index in [2.05, 4.69) is 16.4 Å². The first-order chi connectivity index (χ1) is 23.4. The predicted molar refractivity (Wildman–Crippen MR) is 168 cm³/mol. The van der Waals surface area contributed by atoms with E-state index in [-0.39, 0.29) is 16.7 Å². The van der Waals surface area contributed by atoms with E-state index in [1.807, 2.05) is 24.3 Å². The minimum atomic E-state index is -4.67. The standard InChI is InChI=1S/C38H29F9O2/c1-2-3-4-5-22-6-8-23(9-7-22)24-10-12-28(30(40)16-24)25-17-32(42)36(33(43)18-25)38(46,47)49-27-11-13-29(31(41)21-27)26-19-34(44)37(35(45)20-26)48-15-14-39/h6-13,16-21H,2-5,14-15H2,1H3. The van der Waals surface area contributed by atoms with Crippen molar-refractivity contribution in [2.75, 3.05) is 13.3 Å². The summed E-state index contributed by atoms with van der Waals surface area (Å²) in [5.74, 6) is -9.87. The van der Waals surface area contributed by atoms with Crippen LogP contribution in [-0.2, 0) is 12.5 Å². The van der Waals surface area contributed by atoms with Crippen molar-refractivity contribution in [1.29, 1.82) is 0 Å². The van der Waals surface area contributed by atoms with E-state index < -0.39 is 76.9 Å². The van der Waals surface area contributed by atoms with E-state index in [1.54, 1.807) is 6.07 Å². The molecule has 0 saturated carbocycles. The molecular weight excluding hydrogens is 659 g/mol. The SMILES string of the molecule is CCCCCc1ccc(-c2ccc(-c3cc(F)c(C(F)(F)Oc4ccc(-c5cc(F)c(OCCF)c(F)c5)c(F)c4)c(F)c3)c(F)c2)cc1. The molecule has 5 rings (SSSR count). The third kappa shape index (κ3) is 8.04. The molecule has 256 valence electrons. The van der Waals surface area contributed by atoms with Crippen molar-refractivity contribution >= 4 is 0 Å². The van der Waals surface area contributed by atoms with E-state index in [9.17, 15) is 17.6 Å². The van der Waals surface area contributed by atoms with Gasteiger partial charge in [-0.1, -0.05) is 56.2 Å². The minimum Gasteiger partial charge on any atom is -0.485 e. The number of unbranched alkanes of at least 4 members (excludes halogenated alkanes) is 2. The Morgan fingerprint density at radius 3 is 1.65 bits per heavy atom. The largest absolute Gasteiger partial charge is 0.485 e. The Labute approximate surface area is 276 Å². The average Bonchev–Trinajstić information content (AvgIpc) is 3.04. The fraction of sp³-hybridized carbons (Fsp3) is 0.211. The van der Waals surface area contributed by atoms with Gasteiger partial charge < -0.3 is 9.47 Å². The maximum atomic E-state index is 15.2. The highest BCUT2D eigenvalue weighted by Gasteiger charge is 2.41. The molecule has 5 aromatic rings. The van der Waals surface area contributed by atoms with Gasteiger partial charge in [-0.05, 0) is 83.1 Å². The second-order valence-electron chi connectivity index (χ2n) is 11.2. The lowest BCUT2D eigenvalue weighted by Crippen LogP contribution is -2.25. The molecule has 0 aliphatic carbocycles. The van der Waals surface area contributed by atoms with Gasteiger partial charge in [-0.3, -0.25) is 0 Å². The van der Waals surface area contributed by atoms with E-state index in [0.29, 0.717) is 35.9 Å². The summed E-state index contributed by atoms with van der Waals surface area (Å²) >= 11 is 0. The van der Waals surface area contributed by atoms with Crippen LogP contribution in [0.2, 0.25) is 0 Å². The number of benzene rings is 5. The molecule has 0 aliphatic heterocycles. The Kier molecular flexibility index (Phi) is 10.9. The maximum absolute atomic E-state index is 15.2. The maximum Gasteiger partial charge on any atom is 0.432 e. The summed E-state index contributed by atoms with van der Waals surface area (Å²) < 4.78 is 140. The molecule has 0 bridgehead atoms. The van der Waals surface area contributed by atoms with Gasteiger partial charge in [0.15, 0.2) is 17.4 Å². The van der Waals surface area contributed by atoms with Crippen LogP contribution in [0.15, 0.2) is 84.9 Å². The number of aryl methyl sites for hydroxylation is 1. The number of hydrogen-bond donors (Lipinski definition) is 0. The second kappa shape index (κ2) is 15.1. The third-order valence-electron chi connectivity index (χ3n) is 7.79. The molecule has 0 amide bonds. The van der Waals surface area contributed by atoms with Gasteiger partial charge in [0, 0.05) is 17.2 Å². The van der Waals surface area contributed by atoms with Gasteiger partial charge in [-0.25, -0.2) is 30.7 Å². The summed E-state index contributed by atoms with van der Waals surface area (Å²) in [7, 11) is 0. The van der Waals surface area contributed by atoms with Crippen LogP contribution in [-0.4, -0.2) is 13.3 Å². The fourth-order valence-corrected chi connectivity index (χ4v) is 5.36. The molecule has 11 heteroatoms. The highest BCUT2D eigenvalue weighted by atomic mass is 19.3. The van der Waals surface area contributed by atoms with Crippen LogP contribution in [0.3, 0.4) is 0 Å². The first kappa shape index (κ1) is 35.4. The lowest BCUT2D eigenvalue weighted by molar-refractivity contribution is -0.189. The fourth-order valence-electron chi connectivity index (χ4n) is 5.36. The number of alkyl halides is 3. The zero-order valence-electron chi connectivity index (χ0n) is 26.0. The van der Waals surface area contributed by atoms with Gasteiger partial charge >= 0.3 is 6.11 Å². The zero-order valence-corrected chi connectivity index (χ0v) is 26.0. The molecule has 0 N–H and O–H groups in total. The van der Waals surface area contributed by atoms with Gasteiger partial charge in [0.2, 0.25) is 0 Å². The average molecular weight is 689 g/mol. The molecule has 0 radical (unpaired) electrons. The first-order valence-electron chi connectivity index (χ1n) is 15.3. The summed E-state index contributed by atoms with van der Waals surface area (Å²) in [6, 6.07) is 16.1. The molecule has 0 unspecified atom stereocenters.